The predicted molar refractivity (Wildman–Crippen MR) is 111 cm³/mol. The van der Waals surface area contributed by atoms with Crippen molar-refractivity contribution < 1.29 is 14.5 Å². The number of hydrogen-bond acceptors (Lipinski definition) is 5. The summed E-state index contributed by atoms with van der Waals surface area (Å²) in [6, 6.07) is 13.0. The van der Waals surface area contributed by atoms with Gasteiger partial charge in [-0.1, -0.05) is 30.7 Å². The number of amides is 1. The van der Waals surface area contributed by atoms with Crippen LogP contribution in [0.2, 0.25) is 0 Å². The van der Waals surface area contributed by atoms with Crippen molar-refractivity contribution in [1.29, 1.82) is 0 Å². The van der Waals surface area contributed by atoms with Crippen molar-refractivity contribution in [3.05, 3.63) is 69.3 Å². The Bertz CT molecular complexity index is 867. The lowest BCUT2D eigenvalue weighted by molar-refractivity contribution is -0.385. The smallest absolute Gasteiger partial charge is 0.311 e. The first-order chi connectivity index (χ1) is 14.0. The summed E-state index contributed by atoms with van der Waals surface area (Å²) >= 11 is 0. The van der Waals surface area contributed by atoms with Crippen LogP contribution in [0.5, 0.6) is 5.75 Å². The van der Waals surface area contributed by atoms with Crippen molar-refractivity contribution in [2.75, 3.05) is 13.7 Å². The maximum absolute atomic E-state index is 12.4. The molecule has 1 aliphatic heterocycles. The van der Waals surface area contributed by atoms with E-state index in [0.717, 1.165) is 18.7 Å². The molecule has 0 bridgehead atoms. The van der Waals surface area contributed by atoms with E-state index in [0.29, 0.717) is 12.6 Å². The van der Waals surface area contributed by atoms with Crippen LogP contribution in [0, 0.1) is 10.1 Å². The van der Waals surface area contributed by atoms with Crippen molar-refractivity contribution in [3.63, 3.8) is 0 Å². The van der Waals surface area contributed by atoms with Crippen LogP contribution >= 0.6 is 0 Å². The van der Waals surface area contributed by atoms with Gasteiger partial charge in [0.1, 0.15) is 0 Å². The molecule has 0 radical (unpaired) electrons. The quantitative estimate of drug-likeness (QED) is 0.566. The molecule has 154 valence electrons. The summed E-state index contributed by atoms with van der Waals surface area (Å²) in [7, 11) is 1.36. The van der Waals surface area contributed by atoms with Gasteiger partial charge in [0.05, 0.1) is 12.0 Å². The standard InChI is InChI=1S/C22H27N3O4/c1-16-5-3-4-12-24(16)15-18-8-6-17(7-9-18)14-23-22(26)19-10-11-21(29-2)20(13-19)25(27)28/h6-11,13,16H,3-5,12,14-15H2,1-2H3,(H,23,26). The first-order valence-electron chi connectivity index (χ1n) is 9.90. The highest BCUT2D eigenvalue weighted by molar-refractivity contribution is 5.95. The number of methoxy groups -OCH3 is 1. The van der Waals surface area contributed by atoms with Gasteiger partial charge in [-0.3, -0.25) is 19.8 Å². The second-order valence-corrected chi connectivity index (χ2v) is 7.46. The van der Waals surface area contributed by atoms with E-state index in [1.165, 1.54) is 50.1 Å². The fraction of sp³-hybridized carbons (Fsp3) is 0.409. The van der Waals surface area contributed by atoms with Crippen LogP contribution in [0.15, 0.2) is 42.5 Å². The van der Waals surface area contributed by atoms with Crippen LogP contribution in [0.3, 0.4) is 0 Å². The van der Waals surface area contributed by atoms with Gasteiger partial charge in [-0.15, -0.1) is 0 Å². The number of carbonyl (C=O) groups excluding carboxylic acids is 1. The number of nitro groups is 1. The summed E-state index contributed by atoms with van der Waals surface area (Å²) in [5.41, 5.74) is 2.25. The Kier molecular flexibility index (Phi) is 6.82. The lowest BCUT2D eigenvalue weighted by Crippen LogP contribution is -2.36. The Morgan fingerprint density at radius 2 is 1.93 bits per heavy atom. The third kappa shape index (κ3) is 5.32. The number of nitro benzene ring substituents is 1. The number of ether oxygens (including phenoxy) is 1. The van der Waals surface area contributed by atoms with Gasteiger partial charge in [0.15, 0.2) is 5.75 Å². The summed E-state index contributed by atoms with van der Waals surface area (Å²) < 4.78 is 4.97. The molecule has 1 aliphatic rings. The van der Waals surface area contributed by atoms with E-state index < -0.39 is 4.92 Å². The first-order valence-corrected chi connectivity index (χ1v) is 9.90. The highest BCUT2D eigenvalue weighted by Gasteiger charge is 2.19. The maximum atomic E-state index is 12.4. The number of carbonyl (C=O) groups is 1. The van der Waals surface area contributed by atoms with Gasteiger partial charge in [0.2, 0.25) is 0 Å². The van der Waals surface area contributed by atoms with Crippen LogP contribution in [0.4, 0.5) is 5.69 Å². The van der Waals surface area contributed by atoms with Crippen LogP contribution in [-0.4, -0.2) is 35.4 Å². The molecule has 1 heterocycles. The van der Waals surface area contributed by atoms with E-state index in [1.54, 1.807) is 0 Å². The number of hydrogen-bond donors (Lipinski definition) is 1. The second kappa shape index (κ2) is 9.52. The highest BCUT2D eigenvalue weighted by Crippen LogP contribution is 2.27. The molecule has 3 rings (SSSR count). The van der Waals surface area contributed by atoms with E-state index in [4.69, 9.17) is 4.74 Å². The molecule has 2 aromatic rings. The molecule has 0 aromatic heterocycles. The second-order valence-electron chi connectivity index (χ2n) is 7.46. The van der Waals surface area contributed by atoms with Crippen molar-refractivity contribution in [2.45, 2.75) is 45.3 Å². The van der Waals surface area contributed by atoms with Gasteiger partial charge in [-0.25, -0.2) is 0 Å². The molecule has 1 N–H and O–H groups in total. The lowest BCUT2D eigenvalue weighted by Gasteiger charge is -2.33. The number of nitrogens with one attached hydrogen (secondary N) is 1. The molecule has 1 atom stereocenters. The SMILES string of the molecule is COc1ccc(C(=O)NCc2ccc(CN3CCCCC3C)cc2)cc1[N+](=O)[O-]. The van der Waals surface area contributed by atoms with Crippen molar-refractivity contribution in [2.24, 2.45) is 0 Å². The minimum Gasteiger partial charge on any atom is -0.490 e. The van der Waals surface area contributed by atoms with Crippen molar-refractivity contribution >= 4 is 11.6 Å². The van der Waals surface area contributed by atoms with Gasteiger partial charge < -0.3 is 10.1 Å². The monoisotopic (exact) mass is 397 g/mol. The highest BCUT2D eigenvalue weighted by atomic mass is 16.6. The van der Waals surface area contributed by atoms with Crippen LogP contribution < -0.4 is 10.1 Å². The van der Waals surface area contributed by atoms with E-state index in [1.807, 2.05) is 12.1 Å². The van der Waals surface area contributed by atoms with E-state index in [-0.39, 0.29) is 22.9 Å². The summed E-state index contributed by atoms with van der Waals surface area (Å²) in [4.78, 5) is 25.4. The zero-order valence-electron chi connectivity index (χ0n) is 16.9. The molecule has 0 saturated carbocycles. The largest absolute Gasteiger partial charge is 0.490 e. The molecule has 7 nitrogen and oxygen atoms in total. The third-order valence-corrected chi connectivity index (χ3v) is 5.44. The topological polar surface area (TPSA) is 84.7 Å². The van der Waals surface area contributed by atoms with Crippen LogP contribution in [0.25, 0.3) is 0 Å². The molecule has 0 spiro atoms. The van der Waals surface area contributed by atoms with Gasteiger partial charge >= 0.3 is 5.69 Å². The average molecular weight is 397 g/mol. The average Bonchev–Trinajstić information content (AvgIpc) is 2.74. The molecule has 1 saturated heterocycles. The summed E-state index contributed by atoms with van der Waals surface area (Å²) in [5.74, 6) is -0.230. The third-order valence-electron chi connectivity index (χ3n) is 5.44. The van der Waals surface area contributed by atoms with E-state index >= 15 is 0 Å². The first kappa shape index (κ1) is 20.8. The Morgan fingerprint density at radius 1 is 1.21 bits per heavy atom. The van der Waals surface area contributed by atoms with Crippen LogP contribution in [-0.2, 0) is 13.1 Å². The fourth-order valence-corrected chi connectivity index (χ4v) is 3.65. The van der Waals surface area contributed by atoms with Gasteiger partial charge in [-0.2, -0.15) is 0 Å². The van der Waals surface area contributed by atoms with Crippen molar-refractivity contribution in [1.82, 2.24) is 10.2 Å². The number of piperidine rings is 1. The zero-order valence-corrected chi connectivity index (χ0v) is 16.9. The molecule has 7 heteroatoms. The van der Waals surface area contributed by atoms with E-state index in [9.17, 15) is 14.9 Å². The summed E-state index contributed by atoms with van der Waals surface area (Å²) in [6.07, 6.45) is 3.83. The molecule has 0 aliphatic carbocycles. The fourth-order valence-electron chi connectivity index (χ4n) is 3.65. The number of benzene rings is 2. The minimum absolute atomic E-state index is 0.130. The zero-order chi connectivity index (χ0) is 20.8. The molecule has 29 heavy (non-hydrogen) atoms. The maximum Gasteiger partial charge on any atom is 0.311 e. The van der Waals surface area contributed by atoms with Crippen molar-refractivity contribution in [3.8, 4) is 5.75 Å². The Labute approximate surface area is 170 Å². The van der Waals surface area contributed by atoms with Gasteiger partial charge in [-0.05, 0) is 49.6 Å². The molecule has 1 unspecified atom stereocenters. The lowest BCUT2D eigenvalue weighted by atomic mass is 10.0. The molecule has 2 aromatic carbocycles. The normalized spacial score (nSPS) is 17.0. The molecule has 1 amide bonds. The molecular weight excluding hydrogens is 370 g/mol. The van der Waals surface area contributed by atoms with Crippen LogP contribution in [0.1, 0.15) is 47.7 Å². The number of likely N-dealkylation sites (tertiary alicyclic amines) is 1. The minimum atomic E-state index is -0.558. The van der Waals surface area contributed by atoms with E-state index in [2.05, 4.69) is 29.3 Å². The molecular formula is C22H27N3O4. The Balaban J connectivity index is 1.57. The summed E-state index contributed by atoms with van der Waals surface area (Å²) in [6.45, 7) is 4.74. The van der Waals surface area contributed by atoms with Gasteiger partial charge in [0.25, 0.3) is 5.91 Å². The number of rotatable bonds is 7. The molecule has 1 fully saturated rings. The Hall–Kier alpha value is -2.93. The predicted octanol–water partition coefficient (Wildman–Crippen LogP) is 3.91. The number of nitrogens with zero attached hydrogens (tertiary/aromatic N) is 2. The Morgan fingerprint density at radius 3 is 2.59 bits per heavy atom. The van der Waals surface area contributed by atoms with Gasteiger partial charge in [0, 0.05) is 30.8 Å². The summed E-state index contributed by atoms with van der Waals surface area (Å²) in [5, 5.41) is 13.9.